The normalized spacial score (nSPS) is 28.1. The number of thiazole rings is 1. The predicted octanol–water partition coefficient (Wildman–Crippen LogP) is 3.46. The van der Waals surface area contributed by atoms with Crippen molar-refractivity contribution < 1.29 is 9.53 Å². The summed E-state index contributed by atoms with van der Waals surface area (Å²) in [4.78, 5) is 19.3. The van der Waals surface area contributed by atoms with Crippen LogP contribution in [0.15, 0.2) is 4.99 Å². The fourth-order valence-corrected chi connectivity index (χ4v) is 5.02. The van der Waals surface area contributed by atoms with Crippen LogP contribution in [0.4, 0.5) is 0 Å². The largest absolute Gasteiger partial charge is 0.383 e. The Morgan fingerprint density at radius 3 is 2.48 bits per heavy atom. The molecule has 2 aliphatic rings. The molecule has 1 amide bonds. The molecule has 0 radical (unpaired) electrons. The summed E-state index contributed by atoms with van der Waals surface area (Å²) in [5.74, 6) is 1.54. The van der Waals surface area contributed by atoms with Crippen molar-refractivity contribution >= 4 is 17.2 Å². The van der Waals surface area contributed by atoms with Crippen LogP contribution in [0, 0.1) is 31.6 Å². The predicted molar refractivity (Wildman–Crippen MR) is 92.4 cm³/mol. The van der Waals surface area contributed by atoms with E-state index in [9.17, 15) is 4.79 Å². The lowest BCUT2D eigenvalue weighted by atomic mass is 10.0. The highest BCUT2D eigenvalue weighted by molar-refractivity contribution is 7.09. The molecule has 0 aliphatic heterocycles. The van der Waals surface area contributed by atoms with Gasteiger partial charge in [0.25, 0.3) is 5.91 Å². The van der Waals surface area contributed by atoms with E-state index >= 15 is 0 Å². The van der Waals surface area contributed by atoms with Gasteiger partial charge < -0.3 is 9.30 Å². The molecule has 2 fully saturated rings. The molecule has 1 aromatic heterocycles. The van der Waals surface area contributed by atoms with Crippen molar-refractivity contribution in [1.29, 1.82) is 0 Å². The van der Waals surface area contributed by atoms with Gasteiger partial charge in [0.2, 0.25) is 0 Å². The van der Waals surface area contributed by atoms with Gasteiger partial charge in [-0.25, -0.2) is 0 Å². The molecule has 5 heteroatoms. The summed E-state index contributed by atoms with van der Waals surface area (Å²) in [6.45, 7) is 5.59. The van der Waals surface area contributed by atoms with E-state index in [1.54, 1.807) is 18.4 Å². The van der Waals surface area contributed by atoms with Gasteiger partial charge in [0.1, 0.15) is 0 Å². The maximum atomic E-state index is 12.7. The molecule has 0 spiro atoms. The van der Waals surface area contributed by atoms with E-state index in [-0.39, 0.29) is 11.8 Å². The van der Waals surface area contributed by atoms with Crippen LogP contribution >= 0.6 is 11.3 Å². The molecule has 3 rings (SSSR count). The molecule has 1 unspecified atom stereocenters. The quantitative estimate of drug-likeness (QED) is 0.845. The zero-order chi connectivity index (χ0) is 16.4. The summed E-state index contributed by atoms with van der Waals surface area (Å²) in [7, 11) is 1.71. The number of hydrogen-bond acceptors (Lipinski definition) is 3. The number of amides is 1. The fraction of sp³-hybridized carbons (Fsp3) is 0.778. The molecule has 2 aliphatic carbocycles. The molecular weight excluding hydrogens is 308 g/mol. The number of aryl methyl sites for hydroxylation is 1. The fourth-order valence-electron chi connectivity index (χ4n) is 4.01. The van der Waals surface area contributed by atoms with Gasteiger partial charge in [-0.15, -0.1) is 11.3 Å². The van der Waals surface area contributed by atoms with Gasteiger partial charge >= 0.3 is 0 Å². The molecule has 23 heavy (non-hydrogen) atoms. The van der Waals surface area contributed by atoms with Crippen LogP contribution in [-0.2, 0) is 16.1 Å². The first-order valence-electron chi connectivity index (χ1n) is 8.88. The van der Waals surface area contributed by atoms with Gasteiger partial charge in [0, 0.05) is 30.1 Å². The monoisotopic (exact) mass is 336 g/mol. The number of carbonyl (C=O) groups is 1. The Labute approximate surface area is 142 Å². The Balaban J connectivity index is 1.78. The summed E-state index contributed by atoms with van der Waals surface area (Å²) in [6, 6.07) is 0. The molecule has 0 bridgehead atoms. The molecular formula is C18H28N2O2S. The molecule has 1 heterocycles. The molecule has 128 valence electrons. The summed E-state index contributed by atoms with van der Waals surface area (Å²) in [5, 5.41) is 0. The maximum absolute atomic E-state index is 12.7. The van der Waals surface area contributed by atoms with Crippen molar-refractivity contribution in [3.63, 3.8) is 0 Å². The molecule has 1 aromatic rings. The van der Waals surface area contributed by atoms with Gasteiger partial charge in [-0.3, -0.25) is 4.79 Å². The Hall–Kier alpha value is -0.940. The SMILES string of the molecule is COCCn1c(C)c(C)s/c1=N\C(=O)C1[C@H]2CCCCCC[C@@H]12. The number of fused-ring (bicyclic) bond motifs is 1. The minimum Gasteiger partial charge on any atom is -0.383 e. The highest BCUT2D eigenvalue weighted by Crippen LogP contribution is 2.54. The topological polar surface area (TPSA) is 43.6 Å². The van der Waals surface area contributed by atoms with E-state index in [2.05, 4.69) is 23.4 Å². The van der Waals surface area contributed by atoms with Crippen LogP contribution in [0.3, 0.4) is 0 Å². The maximum Gasteiger partial charge on any atom is 0.252 e. The van der Waals surface area contributed by atoms with Crippen molar-refractivity contribution in [3.05, 3.63) is 15.4 Å². The first-order valence-corrected chi connectivity index (χ1v) is 9.69. The van der Waals surface area contributed by atoms with E-state index < -0.39 is 0 Å². The lowest BCUT2D eigenvalue weighted by Gasteiger charge is -2.05. The van der Waals surface area contributed by atoms with Crippen molar-refractivity contribution in [1.82, 2.24) is 4.57 Å². The van der Waals surface area contributed by atoms with Crippen LogP contribution < -0.4 is 4.80 Å². The molecule has 4 nitrogen and oxygen atoms in total. The Morgan fingerprint density at radius 1 is 1.22 bits per heavy atom. The summed E-state index contributed by atoms with van der Waals surface area (Å²) >= 11 is 1.63. The third-order valence-electron chi connectivity index (χ3n) is 5.56. The third-order valence-corrected chi connectivity index (χ3v) is 6.65. The van der Waals surface area contributed by atoms with Crippen molar-refractivity contribution in [2.75, 3.05) is 13.7 Å². The number of aromatic nitrogens is 1. The van der Waals surface area contributed by atoms with E-state index in [0.29, 0.717) is 18.4 Å². The average Bonchev–Trinajstić information content (AvgIpc) is 3.10. The lowest BCUT2D eigenvalue weighted by Crippen LogP contribution is -2.21. The van der Waals surface area contributed by atoms with Crippen molar-refractivity contribution in [3.8, 4) is 0 Å². The first-order chi connectivity index (χ1) is 11.1. The van der Waals surface area contributed by atoms with Gasteiger partial charge in [0.05, 0.1) is 6.61 Å². The van der Waals surface area contributed by atoms with Gasteiger partial charge in [-0.05, 0) is 38.5 Å². The van der Waals surface area contributed by atoms with Crippen LogP contribution in [0.2, 0.25) is 0 Å². The number of rotatable bonds is 4. The number of ether oxygens (including phenoxy) is 1. The van der Waals surface area contributed by atoms with Crippen LogP contribution in [0.5, 0.6) is 0 Å². The second-order valence-corrected chi connectivity index (χ2v) is 8.15. The van der Waals surface area contributed by atoms with Gasteiger partial charge in [-0.1, -0.05) is 25.7 Å². The van der Waals surface area contributed by atoms with E-state index in [4.69, 9.17) is 4.74 Å². The molecule has 3 atom stereocenters. The summed E-state index contributed by atoms with van der Waals surface area (Å²) in [6.07, 6.45) is 7.70. The number of methoxy groups -OCH3 is 1. The van der Waals surface area contributed by atoms with Gasteiger partial charge in [0.15, 0.2) is 4.80 Å². The average molecular weight is 337 g/mol. The standard InChI is InChI=1S/C18H28N2O2S/c1-12-13(2)23-18(20(12)10-11-22-3)19-17(21)16-14-8-6-4-5-7-9-15(14)16/h14-16H,4-11H2,1-3H3/b19-18-/t14-,15+,16?. The van der Waals surface area contributed by atoms with Gasteiger partial charge in [-0.2, -0.15) is 4.99 Å². The number of carbonyl (C=O) groups excluding carboxylic acids is 1. The van der Waals surface area contributed by atoms with E-state index in [0.717, 1.165) is 11.3 Å². The Bertz CT molecular complexity index is 617. The molecule has 0 saturated heterocycles. The second kappa shape index (κ2) is 7.31. The zero-order valence-corrected chi connectivity index (χ0v) is 15.3. The summed E-state index contributed by atoms with van der Waals surface area (Å²) in [5.41, 5.74) is 1.19. The highest BCUT2D eigenvalue weighted by atomic mass is 32.1. The highest BCUT2D eigenvalue weighted by Gasteiger charge is 2.53. The third kappa shape index (κ3) is 3.61. The van der Waals surface area contributed by atoms with Crippen LogP contribution in [-0.4, -0.2) is 24.2 Å². The second-order valence-electron chi connectivity index (χ2n) is 6.97. The molecule has 2 saturated carbocycles. The van der Waals surface area contributed by atoms with Crippen LogP contribution in [0.1, 0.15) is 49.1 Å². The smallest absolute Gasteiger partial charge is 0.252 e. The van der Waals surface area contributed by atoms with Crippen molar-refractivity contribution in [2.24, 2.45) is 22.7 Å². The van der Waals surface area contributed by atoms with E-state index in [1.807, 2.05) is 0 Å². The minimum absolute atomic E-state index is 0.120. The minimum atomic E-state index is 0.120. The number of hydrogen-bond donors (Lipinski definition) is 0. The summed E-state index contributed by atoms with van der Waals surface area (Å²) < 4.78 is 7.32. The Kier molecular flexibility index (Phi) is 5.37. The zero-order valence-electron chi connectivity index (χ0n) is 14.5. The van der Waals surface area contributed by atoms with Crippen molar-refractivity contribution in [2.45, 2.75) is 58.9 Å². The van der Waals surface area contributed by atoms with Crippen LogP contribution in [0.25, 0.3) is 0 Å². The van der Waals surface area contributed by atoms with E-state index in [1.165, 1.54) is 49.1 Å². The number of nitrogens with zero attached hydrogens (tertiary/aromatic N) is 2. The first kappa shape index (κ1) is 16.9. The molecule has 0 aromatic carbocycles. The molecule has 0 N–H and O–H groups in total. The lowest BCUT2D eigenvalue weighted by molar-refractivity contribution is -0.119. The Morgan fingerprint density at radius 2 is 1.87 bits per heavy atom.